The molecule has 3 aromatic rings. The van der Waals surface area contributed by atoms with E-state index in [2.05, 4.69) is 0 Å². The molecule has 170 valence electrons. The Hall–Kier alpha value is -4.24. The zero-order valence-corrected chi connectivity index (χ0v) is 18.8. The highest BCUT2D eigenvalue weighted by atomic mass is 32.2. The molecule has 0 atom stereocenters. The Morgan fingerprint density at radius 3 is 2.59 bits per heavy atom. The number of carbonyl (C=O) groups excluding carboxylic acids is 3. The zero-order chi connectivity index (χ0) is 24.2. The fourth-order valence-corrected chi connectivity index (χ4v) is 4.20. The molecule has 0 aromatic heterocycles. The van der Waals surface area contributed by atoms with E-state index < -0.39 is 16.8 Å². The summed E-state index contributed by atoms with van der Waals surface area (Å²) in [5.41, 5.74) is 2.28. The number of thioether (sulfide) groups is 1. The van der Waals surface area contributed by atoms with Gasteiger partial charge in [-0.2, -0.15) is 0 Å². The summed E-state index contributed by atoms with van der Waals surface area (Å²) >= 11 is 0.848. The number of hydrogen-bond donors (Lipinski definition) is 0. The first-order chi connectivity index (χ1) is 16.3. The van der Waals surface area contributed by atoms with Crippen LogP contribution in [0.3, 0.4) is 0 Å². The lowest BCUT2D eigenvalue weighted by molar-refractivity contribution is -0.384. The van der Waals surface area contributed by atoms with Crippen molar-refractivity contribution in [2.24, 2.45) is 0 Å². The van der Waals surface area contributed by atoms with Gasteiger partial charge in [0.15, 0.2) is 0 Å². The Balaban J connectivity index is 1.49. The van der Waals surface area contributed by atoms with Crippen LogP contribution in [0.25, 0.3) is 6.08 Å². The third-order valence-corrected chi connectivity index (χ3v) is 5.86. The van der Waals surface area contributed by atoms with E-state index in [4.69, 9.17) is 4.74 Å². The fraction of sp³-hybridized carbons (Fsp3) is 0.0800. The number of carbonyl (C=O) groups is 3. The van der Waals surface area contributed by atoms with E-state index in [9.17, 15) is 24.5 Å². The molecule has 1 fully saturated rings. The van der Waals surface area contributed by atoms with Gasteiger partial charge in [-0.15, -0.1) is 0 Å². The number of nitrogens with zero attached hydrogens (tertiary/aromatic N) is 2. The fourth-order valence-electron chi connectivity index (χ4n) is 3.36. The first-order valence-corrected chi connectivity index (χ1v) is 11.0. The number of nitro groups is 1. The molecule has 0 aliphatic carbocycles. The van der Waals surface area contributed by atoms with Gasteiger partial charge >= 0.3 is 5.97 Å². The maximum atomic E-state index is 12.8. The number of benzene rings is 3. The van der Waals surface area contributed by atoms with Gasteiger partial charge < -0.3 is 4.74 Å². The number of ether oxygens (including phenoxy) is 1. The second kappa shape index (κ2) is 9.72. The van der Waals surface area contributed by atoms with Gasteiger partial charge in [-0.25, -0.2) is 4.79 Å². The SMILES string of the molecule is Cc1cccc(CN2C(=O)S/C(=C\c3cccc(OC(=O)c4cccc([N+](=O)[O-])c4)c3)C2=O)c1. The smallest absolute Gasteiger partial charge is 0.343 e. The molecule has 1 aliphatic heterocycles. The molecule has 4 rings (SSSR count). The molecule has 0 saturated carbocycles. The van der Waals surface area contributed by atoms with Crippen LogP contribution < -0.4 is 4.74 Å². The van der Waals surface area contributed by atoms with Crippen molar-refractivity contribution < 1.29 is 24.0 Å². The summed E-state index contributed by atoms with van der Waals surface area (Å²) < 4.78 is 5.34. The van der Waals surface area contributed by atoms with Crippen LogP contribution in [0, 0.1) is 17.0 Å². The van der Waals surface area contributed by atoms with Gasteiger partial charge in [0.05, 0.1) is 21.9 Å². The summed E-state index contributed by atoms with van der Waals surface area (Å²) in [6.07, 6.45) is 1.56. The maximum absolute atomic E-state index is 12.8. The quantitative estimate of drug-likeness (QED) is 0.156. The van der Waals surface area contributed by atoms with Crippen molar-refractivity contribution in [1.82, 2.24) is 4.90 Å². The highest BCUT2D eigenvalue weighted by Crippen LogP contribution is 2.33. The van der Waals surface area contributed by atoms with Crippen LogP contribution in [0.4, 0.5) is 10.5 Å². The summed E-state index contributed by atoms with van der Waals surface area (Å²) in [5.74, 6) is -0.945. The molecule has 0 radical (unpaired) electrons. The second-order valence-electron chi connectivity index (χ2n) is 7.53. The van der Waals surface area contributed by atoms with Gasteiger partial charge in [-0.05, 0) is 54.1 Å². The number of non-ortho nitro benzene ring substituents is 1. The predicted molar refractivity (Wildman–Crippen MR) is 127 cm³/mol. The number of imide groups is 1. The Bertz CT molecular complexity index is 1350. The maximum Gasteiger partial charge on any atom is 0.343 e. The average Bonchev–Trinajstić information content (AvgIpc) is 3.06. The van der Waals surface area contributed by atoms with Crippen molar-refractivity contribution in [3.05, 3.63) is 110 Å². The standard InChI is InChI=1S/C25H18N2O6S/c1-16-5-2-7-18(11-16)15-26-23(28)22(34-25(26)30)13-17-6-3-10-21(12-17)33-24(29)19-8-4-9-20(14-19)27(31)32/h2-14H,15H2,1H3/b22-13-. The molecular weight excluding hydrogens is 456 g/mol. The van der Waals surface area contributed by atoms with Crippen LogP contribution >= 0.6 is 11.8 Å². The highest BCUT2D eigenvalue weighted by Gasteiger charge is 2.35. The summed E-state index contributed by atoms with van der Waals surface area (Å²) in [6.45, 7) is 2.13. The third kappa shape index (κ3) is 5.21. The molecule has 2 amide bonds. The molecule has 0 bridgehead atoms. The summed E-state index contributed by atoms with van der Waals surface area (Å²) in [7, 11) is 0. The van der Waals surface area contributed by atoms with Crippen LogP contribution in [0.1, 0.15) is 27.0 Å². The van der Waals surface area contributed by atoms with E-state index in [1.807, 2.05) is 31.2 Å². The molecule has 1 saturated heterocycles. The molecule has 34 heavy (non-hydrogen) atoms. The number of aryl methyl sites for hydroxylation is 1. The second-order valence-corrected chi connectivity index (χ2v) is 8.52. The summed E-state index contributed by atoms with van der Waals surface area (Å²) in [5, 5.41) is 10.6. The highest BCUT2D eigenvalue weighted by molar-refractivity contribution is 8.18. The molecule has 1 heterocycles. The van der Waals surface area contributed by atoms with Crippen LogP contribution in [0.5, 0.6) is 5.75 Å². The van der Waals surface area contributed by atoms with E-state index in [0.29, 0.717) is 5.56 Å². The summed E-state index contributed by atoms with van der Waals surface area (Å²) in [6, 6.07) is 19.3. The Morgan fingerprint density at radius 2 is 1.82 bits per heavy atom. The van der Waals surface area contributed by atoms with E-state index in [-0.39, 0.29) is 33.7 Å². The van der Waals surface area contributed by atoms with Crippen molar-refractivity contribution in [3.63, 3.8) is 0 Å². The summed E-state index contributed by atoms with van der Waals surface area (Å²) in [4.78, 5) is 49.4. The topological polar surface area (TPSA) is 107 Å². The monoisotopic (exact) mass is 474 g/mol. The Morgan fingerprint density at radius 1 is 1.06 bits per heavy atom. The molecule has 1 aliphatic rings. The minimum Gasteiger partial charge on any atom is -0.423 e. The Kier molecular flexibility index (Phi) is 6.55. The lowest BCUT2D eigenvalue weighted by Crippen LogP contribution is -2.27. The number of hydrogen-bond acceptors (Lipinski definition) is 7. The number of esters is 1. The van der Waals surface area contributed by atoms with Crippen molar-refractivity contribution in [3.8, 4) is 5.75 Å². The average molecular weight is 474 g/mol. The van der Waals surface area contributed by atoms with Crippen molar-refractivity contribution in [1.29, 1.82) is 0 Å². The van der Waals surface area contributed by atoms with Crippen LogP contribution in [0.15, 0.2) is 77.7 Å². The van der Waals surface area contributed by atoms with E-state index in [0.717, 1.165) is 29.0 Å². The van der Waals surface area contributed by atoms with E-state index >= 15 is 0 Å². The van der Waals surface area contributed by atoms with Crippen LogP contribution in [-0.2, 0) is 11.3 Å². The molecule has 0 N–H and O–H groups in total. The van der Waals surface area contributed by atoms with Crippen LogP contribution in [-0.4, -0.2) is 26.9 Å². The first kappa shape index (κ1) is 22.9. The molecule has 9 heteroatoms. The molecule has 0 unspecified atom stereocenters. The number of rotatable bonds is 6. The normalized spacial score (nSPS) is 14.5. The molecule has 3 aromatic carbocycles. The van der Waals surface area contributed by atoms with Crippen molar-refractivity contribution in [2.45, 2.75) is 13.5 Å². The lowest BCUT2D eigenvalue weighted by Gasteiger charge is -2.12. The first-order valence-electron chi connectivity index (χ1n) is 10.2. The van der Waals surface area contributed by atoms with Crippen LogP contribution in [0.2, 0.25) is 0 Å². The van der Waals surface area contributed by atoms with Gasteiger partial charge in [-0.3, -0.25) is 24.6 Å². The van der Waals surface area contributed by atoms with Gasteiger partial charge in [0.1, 0.15) is 5.75 Å². The minimum atomic E-state index is -0.751. The minimum absolute atomic E-state index is 0.0388. The molecule has 0 spiro atoms. The number of amides is 2. The van der Waals surface area contributed by atoms with E-state index in [1.165, 1.54) is 23.1 Å². The van der Waals surface area contributed by atoms with Gasteiger partial charge in [-0.1, -0.05) is 48.0 Å². The zero-order valence-electron chi connectivity index (χ0n) is 18.0. The van der Waals surface area contributed by atoms with Gasteiger partial charge in [0.25, 0.3) is 16.8 Å². The lowest BCUT2D eigenvalue weighted by atomic mass is 10.1. The Labute approximate surface area is 199 Å². The van der Waals surface area contributed by atoms with E-state index in [1.54, 1.807) is 30.3 Å². The number of nitro benzene ring substituents is 1. The van der Waals surface area contributed by atoms with Gasteiger partial charge in [0, 0.05) is 12.1 Å². The van der Waals surface area contributed by atoms with Crippen molar-refractivity contribution in [2.75, 3.05) is 0 Å². The van der Waals surface area contributed by atoms with Crippen molar-refractivity contribution >= 4 is 40.6 Å². The largest absolute Gasteiger partial charge is 0.423 e. The third-order valence-electron chi connectivity index (χ3n) is 4.96. The predicted octanol–water partition coefficient (Wildman–Crippen LogP) is 5.36. The molecule has 8 nitrogen and oxygen atoms in total. The molecular formula is C25H18N2O6S. The van der Waals surface area contributed by atoms with Gasteiger partial charge in [0.2, 0.25) is 0 Å².